The second kappa shape index (κ2) is 9.63. The first-order valence-corrected chi connectivity index (χ1v) is 11.5. The summed E-state index contributed by atoms with van der Waals surface area (Å²) in [6.45, 7) is 4.08. The van der Waals surface area contributed by atoms with E-state index < -0.39 is 12.2 Å². The van der Waals surface area contributed by atoms with E-state index in [0.717, 1.165) is 25.9 Å². The number of alkyl halides is 2. The Bertz CT molecular complexity index is 1150. The molecule has 0 bridgehead atoms. The minimum Gasteiger partial charge on any atom is -0.494 e. The lowest BCUT2D eigenvalue weighted by atomic mass is 10.2. The molecule has 2 saturated heterocycles. The van der Waals surface area contributed by atoms with Crippen molar-refractivity contribution in [1.29, 1.82) is 0 Å². The molecule has 0 unspecified atom stereocenters. The molecule has 182 valence electrons. The van der Waals surface area contributed by atoms with Gasteiger partial charge in [0.25, 0.3) is 6.43 Å². The molecule has 34 heavy (non-hydrogen) atoms. The number of halogens is 2. The molecular weight excluding hydrogens is 446 g/mol. The molecule has 0 amide bonds. The fraction of sp³-hybridized carbons (Fsp3) is 0.545. The van der Waals surface area contributed by atoms with Crippen molar-refractivity contribution in [3.63, 3.8) is 0 Å². The number of anilines is 2. The highest BCUT2D eigenvalue weighted by Crippen LogP contribution is 2.32. The summed E-state index contributed by atoms with van der Waals surface area (Å²) in [5, 5.41) is 4.07. The van der Waals surface area contributed by atoms with Crippen LogP contribution in [0, 0.1) is 0 Å². The molecule has 2 aliphatic rings. The van der Waals surface area contributed by atoms with Crippen molar-refractivity contribution in [3.8, 4) is 11.7 Å². The van der Waals surface area contributed by atoms with Gasteiger partial charge in [0.1, 0.15) is 11.3 Å². The zero-order chi connectivity index (χ0) is 23.7. The standard InChI is InChI=1S/C22H28F2N8O2/c1-29(31-9-4-3-5-10-31)20-26-21(30-11-13-34-14-12-30)28-22(27-20)32-15-7-6-8-16(33-2)17(15)25-19(32)18(23)24/h6-8,18H,3-5,9-14H2,1-2H3. The largest absolute Gasteiger partial charge is 0.494 e. The molecular formula is C22H28F2N8O2. The van der Waals surface area contributed by atoms with E-state index >= 15 is 0 Å². The number of piperidine rings is 1. The molecule has 10 nitrogen and oxygen atoms in total. The van der Waals surface area contributed by atoms with Gasteiger partial charge in [0.05, 0.1) is 25.8 Å². The van der Waals surface area contributed by atoms with Crippen LogP contribution in [0.25, 0.3) is 17.0 Å². The Hall–Kier alpha value is -3.12. The number of hydrazine groups is 1. The van der Waals surface area contributed by atoms with E-state index in [0.29, 0.717) is 55.0 Å². The molecule has 2 aromatic heterocycles. The number of ether oxygens (including phenoxy) is 2. The van der Waals surface area contributed by atoms with Gasteiger partial charge in [0.2, 0.25) is 17.8 Å². The van der Waals surface area contributed by atoms with Crippen LogP contribution < -0.4 is 14.6 Å². The summed E-state index contributed by atoms with van der Waals surface area (Å²) in [5.74, 6) is 0.897. The van der Waals surface area contributed by atoms with E-state index in [1.807, 2.05) is 17.0 Å². The minimum absolute atomic E-state index is 0.0985. The Balaban J connectivity index is 1.67. The maximum Gasteiger partial charge on any atom is 0.296 e. The molecule has 5 rings (SSSR count). The lowest BCUT2D eigenvalue weighted by molar-refractivity contribution is 0.122. The zero-order valence-corrected chi connectivity index (χ0v) is 19.3. The van der Waals surface area contributed by atoms with Crippen molar-refractivity contribution in [3.05, 3.63) is 24.0 Å². The number of fused-ring (bicyclic) bond motifs is 1. The average molecular weight is 475 g/mol. The van der Waals surface area contributed by atoms with Crippen LogP contribution >= 0.6 is 0 Å². The number of benzene rings is 1. The summed E-state index contributed by atoms with van der Waals surface area (Å²) in [6, 6.07) is 5.14. The van der Waals surface area contributed by atoms with E-state index in [1.54, 1.807) is 18.2 Å². The second-order valence-electron chi connectivity index (χ2n) is 8.31. The molecule has 0 saturated carbocycles. The van der Waals surface area contributed by atoms with Crippen molar-refractivity contribution in [2.24, 2.45) is 0 Å². The van der Waals surface area contributed by atoms with Gasteiger partial charge in [-0.1, -0.05) is 12.5 Å². The van der Waals surface area contributed by atoms with Crippen LogP contribution in [-0.4, -0.2) is 83.1 Å². The number of imidazole rings is 1. The molecule has 4 heterocycles. The number of morpholine rings is 1. The smallest absolute Gasteiger partial charge is 0.296 e. The summed E-state index contributed by atoms with van der Waals surface area (Å²) >= 11 is 0. The average Bonchev–Trinajstić information content (AvgIpc) is 3.29. The van der Waals surface area contributed by atoms with Crippen LogP contribution in [0.5, 0.6) is 5.75 Å². The normalized spacial score (nSPS) is 17.5. The monoisotopic (exact) mass is 474 g/mol. The van der Waals surface area contributed by atoms with Gasteiger partial charge in [0, 0.05) is 33.2 Å². The van der Waals surface area contributed by atoms with E-state index in [1.165, 1.54) is 18.1 Å². The summed E-state index contributed by atoms with van der Waals surface area (Å²) in [7, 11) is 3.39. The van der Waals surface area contributed by atoms with Crippen molar-refractivity contribution in [2.45, 2.75) is 25.7 Å². The fourth-order valence-electron chi connectivity index (χ4n) is 4.41. The van der Waals surface area contributed by atoms with Crippen molar-refractivity contribution >= 4 is 22.9 Å². The highest BCUT2D eigenvalue weighted by Gasteiger charge is 2.27. The Morgan fingerprint density at radius 1 is 0.971 bits per heavy atom. The molecule has 0 N–H and O–H groups in total. The number of nitrogens with zero attached hydrogens (tertiary/aromatic N) is 8. The second-order valence-corrected chi connectivity index (χ2v) is 8.31. The highest BCUT2D eigenvalue weighted by molar-refractivity contribution is 5.84. The molecule has 3 aromatic rings. The molecule has 12 heteroatoms. The predicted molar refractivity (Wildman–Crippen MR) is 123 cm³/mol. The predicted octanol–water partition coefficient (Wildman–Crippen LogP) is 2.83. The summed E-state index contributed by atoms with van der Waals surface area (Å²) in [4.78, 5) is 20.2. The SMILES string of the molecule is COc1cccc2c1nc(C(F)F)n2-c1nc(N2CCOCC2)nc(N(C)N2CCCCC2)n1. The number of rotatable bonds is 6. The summed E-state index contributed by atoms with van der Waals surface area (Å²) < 4.78 is 40.4. The van der Waals surface area contributed by atoms with Gasteiger partial charge >= 0.3 is 0 Å². The van der Waals surface area contributed by atoms with Gasteiger partial charge in [0.15, 0.2) is 5.82 Å². The Labute approximate surface area is 196 Å². The maximum atomic E-state index is 14.2. The topological polar surface area (TPSA) is 84.7 Å². The van der Waals surface area contributed by atoms with Gasteiger partial charge in [-0.2, -0.15) is 15.0 Å². The number of hydrogen-bond acceptors (Lipinski definition) is 9. The van der Waals surface area contributed by atoms with Crippen LogP contribution in [0.3, 0.4) is 0 Å². The van der Waals surface area contributed by atoms with E-state index in [2.05, 4.69) is 20.0 Å². The van der Waals surface area contributed by atoms with Crippen molar-refractivity contribution in [2.75, 3.05) is 63.5 Å². The highest BCUT2D eigenvalue weighted by atomic mass is 19.3. The number of methoxy groups -OCH3 is 1. The van der Waals surface area contributed by atoms with Crippen LogP contribution in [0.4, 0.5) is 20.7 Å². The minimum atomic E-state index is -2.83. The lowest BCUT2D eigenvalue weighted by Crippen LogP contribution is -2.44. The van der Waals surface area contributed by atoms with Crippen molar-refractivity contribution in [1.82, 2.24) is 29.5 Å². The molecule has 0 radical (unpaired) electrons. The van der Waals surface area contributed by atoms with Gasteiger partial charge in [-0.05, 0) is 25.0 Å². The van der Waals surface area contributed by atoms with Crippen LogP contribution in [-0.2, 0) is 4.74 Å². The molecule has 0 spiro atoms. The zero-order valence-electron chi connectivity index (χ0n) is 19.3. The Kier molecular flexibility index (Phi) is 6.42. The molecule has 2 fully saturated rings. The third kappa shape index (κ3) is 4.23. The van der Waals surface area contributed by atoms with Gasteiger partial charge in [-0.15, -0.1) is 0 Å². The lowest BCUT2D eigenvalue weighted by Gasteiger charge is -2.35. The molecule has 0 aliphatic carbocycles. The van der Waals surface area contributed by atoms with Crippen LogP contribution in [0.2, 0.25) is 0 Å². The number of para-hydroxylation sites is 1. The van der Waals surface area contributed by atoms with Crippen LogP contribution in [0.1, 0.15) is 31.5 Å². The fourth-order valence-corrected chi connectivity index (χ4v) is 4.41. The first-order chi connectivity index (χ1) is 16.6. The Morgan fingerprint density at radius 2 is 1.71 bits per heavy atom. The first kappa shape index (κ1) is 22.7. The quantitative estimate of drug-likeness (QED) is 0.535. The van der Waals surface area contributed by atoms with Crippen molar-refractivity contribution < 1.29 is 18.3 Å². The third-order valence-corrected chi connectivity index (χ3v) is 6.23. The maximum absolute atomic E-state index is 14.2. The van der Waals surface area contributed by atoms with E-state index in [-0.39, 0.29) is 5.95 Å². The summed E-state index contributed by atoms with van der Waals surface area (Å²) in [5.41, 5.74) is 0.778. The third-order valence-electron chi connectivity index (χ3n) is 6.23. The van der Waals surface area contributed by atoms with E-state index in [4.69, 9.17) is 14.5 Å². The first-order valence-electron chi connectivity index (χ1n) is 11.5. The van der Waals surface area contributed by atoms with Gasteiger partial charge in [-0.3, -0.25) is 9.58 Å². The van der Waals surface area contributed by atoms with Gasteiger partial charge < -0.3 is 14.4 Å². The molecule has 1 aromatic carbocycles. The molecule has 2 aliphatic heterocycles. The molecule has 0 atom stereocenters. The number of aromatic nitrogens is 5. The Morgan fingerprint density at radius 3 is 2.41 bits per heavy atom. The summed E-state index contributed by atoms with van der Waals surface area (Å²) in [6.07, 6.45) is 0.524. The van der Waals surface area contributed by atoms with E-state index in [9.17, 15) is 8.78 Å². The van der Waals surface area contributed by atoms with Gasteiger partial charge in [-0.25, -0.2) is 18.8 Å². The number of hydrogen-bond donors (Lipinski definition) is 0. The van der Waals surface area contributed by atoms with Crippen LogP contribution in [0.15, 0.2) is 18.2 Å².